The van der Waals surface area contributed by atoms with Crippen molar-refractivity contribution in [1.82, 2.24) is 29.9 Å². The van der Waals surface area contributed by atoms with Crippen LogP contribution in [0.2, 0.25) is 0 Å². The Hall–Kier alpha value is -7.22. The molecule has 0 aliphatic rings. The molecule has 0 amide bonds. The van der Waals surface area contributed by atoms with Crippen LogP contribution in [0.1, 0.15) is 0 Å². The molecule has 7 aromatic carbocycles. The average molecular weight is 723 g/mol. The van der Waals surface area contributed by atoms with Gasteiger partial charge in [0.2, 0.25) is 0 Å². The molecule has 0 radical (unpaired) electrons. The van der Waals surface area contributed by atoms with E-state index in [-0.39, 0.29) is 0 Å². The van der Waals surface area contributed by atoms with Crippen molar-refractivity contribution in [1.29, 1.82) is 0 Å². The van der Waals surface area contributed by atoms with Crippen molar-refractivity contribution in [3.8, 4) is 79.5 Å². The topological polar surface area (TPSA) is 77.3 Å². The van der Waals surface area contributed by atoms with Crippen LogP contribution in [0.5, 0.6) is 0 Å². The minimum absolute atomic E-state index is 0.619. The highest BCUT2D eigenvalue weighted by Gasteiger charge is 2.19. The monoisotopic (exact) mass is 722 g/mol. The minimum atomic E-state index is 0.619. The van der Waals surface area contributed by atoms with Crippen LogP contribution in [-0.4, -0.2) is 29.9 Å². The summed E-state index contributed by atoms with van der Waals surface area (Å²) in [6.45, 7) is 0. The molecule has 0 atom stereocenters. The number of thiophene rings is 1. The summed E-state index contributed by atoms with van der Waals surface area (Å²) in [5, 5.41) is 2.23. The summed E-state index contributed by atoms with van der Waals surface area (Å²) < 4.78 is 2.27. The fourth-order valence-electron chi connectivity index (χ4n) is 6.87. The third kappa shape index (κ3) is 6.33. The van der Waals surface area contributed by atoms with Gasteiger partial charge in [-0.3, -0.25) is 0 Å². The summed E-state index contributed by atoms with van der Waals surface area (Å²) in [4.78, 5) is 30.1. The first-order valence-electron chi connectivity index (χ1n) is 18.0. The zero-order valence-corrected chi connectivity index (χ0v) is 30.2. The fraction of sp³-hybridized carbons (Fsp3) is 0. The van der Waals surface area contributed by atoms with Crippen LogP contribution >= 0.6 is 11.3 Å². The molecule has 0 N–H and O–H groups in total. The van der Waals surface area contributed by atoms with E-state index in [1.54, 1.807) is 11.3 Å². The van der Waals surface area contributed by atoms with E-state index in [4.69, 9.17) is 29.9 Å². The molecule has 0 aliphatic heterocycles. The van der Waals surface area contributed by atoms with Crippen molar-refractivity contribution >= 4 is 31.5 Å². The maximum absolute atomic E-state index is 5.06. The van der Waals surface area contributed by atoms with E-state index in [1.807, 2.05) is 97.1 Å². The van der Waals surface area contributed by atoms with E-state index in [1.165, 1.54) is 5.56 Å². The predicted molar refractivity (Wildman–Crippen MR) is 224 cm³/mol. The molecule has 7 heteroatoms. The molecule has 6 nitrogen and oxygen atoms in total. The fourth-order valence-corrected chi connectivity index (χ4v) is 8.04. The molecule has 0 fully saturated rings. The standard InChI is InChI=1S/C48H30N6S/c1-5-14-31(15-6-1)32-24-26-36(27-25-32)46-49-43(33-16-7-2-8-17-33)51-47(52-46)37-28-29-38-41(30-37)55-40-23-13-22-39(42(38)40)48-53-44(34-18-9-3-10-19-34)50-45(54-48)35-20-11-4-12-21-35/h1-30H. The highest BCUT2D eigenvalue weighted by Crippen LogP contribution is 2.41. The number of hydrogen-bond donors (Lipinski definition) is 0. The molecular formula is C48H30N6S. The molecule has 0 saturated carbocycles. The maximum Gasteiger partial charge on any atom is 0.164 e. The Labute approximate surface area is 321 Å². The van der Waals surface area contributed by atoms with Gasteiger partial charge in [0.25, 0.3) is 0 Å². The summed E-state index contributed by atoms with van der Waals surface area (Å²) in [5.41, 5.74) is 7.92. The third-order valence-electron chi connectivity index (χ3n) is 9.61. The van der Waals surface area contributed by atoms with E-state index in [0.717, 1.165) is 59.1 Å². The van der Waals surface area contributed by atoms with Crippen molar-refractivity contribution in [2.24, 2.45) is 0 Å². The van der Waals surface area contributed by atoms with Crippen molar-refractivity contribution in [3.63, 3.8) is 0 Å². The van der Waals surface area contributed by atoms with Gasteiger partial charge in [0.05, 0.1) is 0 Å². The maximum atomic E-state index is 5.06. The van der Waals surface area contributed by atoms with E-state index < -0.39 is 0 Å². The number of rotatable bonds is 7. The molecule has 258 valence electrons. The Morgan fingerprint density at radius 2 is 0.655 bits per heavy atom. The third-order valence-corrected chi connectivity index (χ3v) is 10.7. The Bertz CT molecular complexity index is 2890. The average Bonchev–Trinajstić information content (AvgIpc) is 3.66. The van der Waals surface area contributed by atoms with Crippen LogP contribution in [0.3, 0.4) is 0 Å². The van der Waals surface area contributed by atoms with Gasteiger partial charge in [0.15, 0.2) is 34.9 Å². The predicted octanol–water partition coefficient (Wildman–Crippen LogP) is 12.1. The lowest BCUT2D eigenvalue weighted by molar-refractivity contribution is 1.07. The molecular weight excluding hydrogens is 693 g/mol. The summed E-state index contributed by atoms with van der Waals surface area (Å²) in [6, 6.07) is 61.8. The summed E-state index contributed by atoms with van der Waals surface area (Å²) >= 11 is 1.74. The normalized spacial score (nSPS) is 11.3. The molecule has 10 aromatic rings. The van der Waals surface area contributed by atoms with Crippen LogP contribution in [0.25, 0.3) is 99.6 Å². The number of aromatic nitrogens is 6. The lowest BCUT2D eigenvalue weighted by Crippen LogP contribution is -2.00. The summed E-state index contributed by atoms with van der Waals surface area (Å²) in [7, 11) is 0. The molecule has 3 aromatic heterocycles. The molecule has 3 heterocycles. The summed E-state index contributed by atoms with van der Waals surface area (Å²) in [5.74, 6) is 3.78. The Morgan fingerprint density at radius 3 is 1.16 bits per heavy atom. The number of nitrogens with zero attached hydrogens (tertiary/aromatic N) is 6. The van der Waals surface area contributed by atoms with Gasteiger partial charge in [0.1, 0.15) is 0 Å². The Morgan fingerprint density at radius 1 is 0.273 bits per heavy atom. The number of fused-ring (bicyclic) bond motifs is 3. The quantitative estimate of drug-likeness (QED) is 0.163. The van der Waals surface area contributed by atoms with E-state index >= 15 is 0 Å². The highest BCUT2D eigenvalue weighted by atomic mass is 32.1. The van der Waals surface area contributed by atoms with Crippen LogP contribution in [0.15, 0.2) is 182 Å². The van der Waals surface area contributed by atoms with Crippen molar-refractivity contribution in [3.05, 3.63) is 182 Å². The van der Waals surface area contributed by atoms with Crippen LogP contribution in [-0.2, 0) is 0 Å². The van der Waals surface area contributed by atoms with Crippen molar-refractivity contribution in [2.75, 3.05) is 0 Å². The van der Waals surface area contributed by atoms with E-state index in [2.05, 4.69) is 84.9 Å². The molecule has 0 saturated heterocycles. The Kier molecular flexibility index (Phi) is 8.24. The second-order valence-electron chi connectivity index (χ2n) is 13.1. The van der Waals surface area contributed by atoms with Gasteiger partial charge in [-0.05, 0) is 23.3 Å². The molecule has 0 aliphatic carbocycles. The highest BCUT2D eigenvalue weighted by molar-refractivity contribution is 7.26. The second-order valence-corrected chi connectivity index (χ2v) is 14.2. The lowest BCUT2D eigenvalue weighted by Gasteiger charge is -2.10. The zero-order valence-electron chi connectivity index (χ0n) is 29.4. The molecule has 0 bridgehead atoms. The second kappa shape index (κ2) is 14.0. The lowest BCUT2D eigenvalue weighted by atomic mass is 10.0. The zero-order chi connectivity index (χ0) is 36.6. The van der Waals surface area contributed by atoms with E-state index in [0.29, 0.717) is 34.9 Å². The number of benzene rings is 7. The molecule has 55 heavy (non-hydrogen) atoms. The molecule has 10 rings (SSSR count). The Balaban J connectivity index is 1.10. The van der Waals surface area contributed by atoms with Gasteiger partial charge in [-0.2, -0.15) is 0 Å². The van der Waals surface area contributed by atoms with Crippen LogP contribution in [0.4, 0.5) is 0 Å². The first-order chi connectivity index (χ1) is 27.2. The van der Waals surface area contributed by atoms with Crippen LogP contribution < -0.4 is 0 Å². The van der Waals surface area contributed by atoms with Gasteiger partial charge >= 0.3 is 0 Å². The van der Waals surface area contributed by atoms with Crippen molar-refractivity contribution < 1.29 is 0 Å². The van der Waals surface area contributed by atoms with Gasteiger partial charge in [-0.15, -0.1) is 11.3 Å². The van der Waals surface area contributed by atoms with E-state index in [9.17, 15) is 0 Å². The van der Waals surface area contributed by atoms with Crippen molar-refractivity contribution in [2.45, 2.75) is 0 Å². The molecule has 0 spiro atoms. The first-order valence-corrected chi connectivity index (χ1v) is 18.9. The van der Waals surface area contributed by atoms with Crippen LogP contribution in [0, 0.1) is 0 Å². The van der Waals surface area contributed by atoms with Gasteiger partial charge in [-0.25, -0.2) is 29.9 Å². The smallest absolute Gasteiger partial charge is 0.164 e. The first kappa shape index (κ1) is 32.4. The summed E-state index contributed by atoms with van der Waals surface area (Å²) in [6.07, 6.45) is 0. The van der Waals surface area contributed by atoms with Gasteiger partial charge in [0, 0.05) is 53.6 Å². The number of hydrogen-bond acceptors (Lipinski definition) is 7. The molecule has 0 unspecified atom stereocenters. The minimum Gasteiger partial charge on any atom is -0.208 e. The van der Waals surface area contributed by atoms with Gasteiger partial charge < -0.3 is 0 Å². The largest absolute Gasteiger partial charge is 0.208 e. The van der Waals surface area contributed by atoms with Gasteiger partial charge in [-0.1, -0.05) is 170 Å². The SMILES string of the molecule is c1ccc(-c2ccc(-c3nc(-c4ccccc4)nc(-c4ccc5c(c4)sc4cccc(-c6nc(-c7ccccc7)nc(-c7ccccc7)n6)c45)n3)cc2)cc1.